The van der Waals surface area contributed by atoms with Crippen LogP contribution in [0.4, 0.5) is 0 Å². The summed E-state index contributed by atoms with van der Waals surface area (Å²) in [6.45, 7) is 3.16. The van der Waals surface area contributed by atoms with E-state index in [1.54, 1.807) is 13.0 Å². The number of hydrogen-bond donors (Lipinski definition) is 3. The third-order valence-electron chi connectivity index (χ3n) is 7.98. The molecule has 6 rings (SSSR count). The molecule has 10 nitrogen and oxygen atoms in total. The first-order valence-corrected chi connectivity index (χ1v) is 13.8. The van der Waals surface area contributed by atoms with E-state index in [2.05, 4.69) is 22.1 Å². The molecule has 0 radical (unpaired) electrons. The summed E-state index contributed by atoms with van der Waals surface area (Å²) in [6, 6.07) is 11.7. The van der Waals surface area contributed by atoms with E-state index in [-0.39, 0.29) is 46.8 Å². The van der Waals surface area contributed by atoms with E-state index >= 15 is 0 Å². The number of halogens is 1. The molecular formula is C30H33ClN6O4. The average molecular weight is 577 g/mol. The highest BCUT2D eigenvalue weighted by Gasteiger charge is 2.63. The van der Waals surface area contributed by atoms with E-state index in [9.17, 15) is 19.6 Å². The third kappa shape index (κ3) is 5.73. The Kier molecular flexibility index (Phi) is 8.90. The fourth-order valence-electron chi connectivity index (χ4n) is 6.22. The summed E-state index contributed by atoms with van der Waals surface area (Å²) >= 11 is 6.25. The van der Waals surface area contributed by atoms with Gasteiger partial charge in [-0.1, -0.05) is 23.7 Å². The standard InChI is InChI=1S/C29H28ClN5O4.CH5N/c1-16(32)10-21(14-36)39-24-8-6-22(33-17(24)2)27(37)34-26-19-12-29(13-19,15-31)25-9-7-23(35(25)28(26)38)18-4-3-5-20(30)11-18;1-2/h3-6,8,10-11,14,19,23,25-26,32H,7,9,12-13H2,1-2H3,(H,34,37);2H2,1H3/b21-10+,32-16?;/t19?,23?,25?,26-,29?;/m1./s1. The van der Waals surface area contributed by atoms with E-state index in [4.69, 9.17) is 21.7 Å². The number of ether oxygens (including phenoxy) is 1. The van der Waals surface area contributed by atoms with Crippen LogP contribution in [0.5, 0.6) is 5.75 Å². The number of nitrogens with zero attached hydrogens (tertiary/aromatic N) is 3. The molecule has 4 aliphatic rings. The van der Waals surface area contributed by atoms with Crippen molar-refractivity contribution >= 4 is 35.4 Å². The molecule has 4 heterocycles. The van der Waals surface area contributed by atoms with Gasteiger partial charge in [-0.15, -0.1) is 0 Å². The molecule has 2 bridgehead atoms. The maximum absolute atomic E-state index is 14.0. The summed E-state index contributed by atoms with van der Waals surface area (Å²) in [5, 5.41) is 21.1. The zero-order valence-electron chi connectivity index (χ0n) is 23.2. The molecule has 3 saturated heterocycles. The van der Waals surface area contributed by atoms with E-state index in [0.29, 0.717) is 29.8 Å². The van der Waals surface area contributed by atoms with Crippen molar-refractivity contribution in [2.75, 3.05) is 7.05 Å². The van der Waals surface area contributed by atoms with Crippen LogP contribution in [0.15, 0.2) is 48.2 Å². The van der Waals surface area contributed by atoms with Crippen molar-refractivity contribution in [3.8, 4) is 11.8 Å². The molecule has 2 unspecified atom stereocenters. The van der Waals surface area contributed by atoms with Crippen molar-refractivity contribution < 1.29 is 19.1 Å². The van der Waals surface area contributed by atoms with Gasteiger partial charge in [0.15, 0.2) is 12.0 Å². The number of aromatic nitrogens is 1. The van der Waals surface area contributed by atoms with Gasteiger partial charge in [0.05, 0.1) is 29.3 Å². The van der Waals surface area contributed by atoms with Gasteiger partial charge in [-0.05, 0) is 82.3 Å². The lowest BCUT2D eigenvalue weighted by atomic mass is 9.58. The van der Waals surface area contributed by atoms with Gasteiger partial charge >= 0.3 is 0 Å². The van der Waals surface area contributed by atoms with Gasteiger partial charge in [-0.3, -0.25) is 14.4 Å². The molecule has 0 spiro atoms. The first-order valence-electron chi connectivity index (χ1n) is 13.4. The highest BCUT2D eigenvalue weighted by Crippen LogP contribution is 2.58. The molecular weight excluding hydrogens is 544 g/mol. The second-order valence-electron chi connectivity index (χ2n) is 10.5. The Balaban J connectivity index is 0.00000189. The maximum Gasteiger partial charge on any atom is 0.270 e. The molecule has 2 aromatic rings. The van der Waals surface area contributed by atoms with Gasteiger partial charge < -0.3 is 26.1 Å². The average Bonchev–Trinajstić information content (AvgIpc) is 3.32. The Morgan fingerprint density at radius 1 is 1.29 bits per heavy atom. The Hall–Kier alpha value is -4.07. The van der Waals surface area contributed by atoms with E-state index in [0.717, 1.165) is 18.4 Å². The van der Waals surface area contributed by atoms with Gasteiger partial charge in [-0.25, -0.2) is 4.98 Å². The van der Waals surface area contributed by atoms with Crippen molar-refractivity contribution in [2.45, 2.75) is 57.7 Å². The van der Waals surface area contributed by atoms with Gasteiger partial charge in [0.25, 0.3) is 5.91 Å². The number of benzene rings is 1. The van der Waals surface area contributed by atoms with Gasteiger partial charge in [-0.2, -0.15) is 5.26 Å². The number of rotatable bonds is 7. The smallest absolute Gasteiger partial charge is 0.270 e. The van der Waals surface area contributed by atoms with Crippen molar-refractivity contribution in [3.05, 3.63) is 70.2 Å². The topological polar surface area (TPSA) is 162 Å². The molecule has 1 aromatic carbocycles. The van der Waals surface area contributed by atoms with Crippen molar-refractivity contribution in [3.63, 3.8) is 0 Å². The molecule has 3 aliphatic heterocycles. The van der Waals surface area contributed by atoms with Crippen LogP contribution >= 0.6 is 11.6 Å². The van der Waals surface area contributed by atoms with Crippen LogP contribution in [0.2, 0.25) is 5.02 Å². The minimum atomic E-state index is -0.776. The van der Waals surface area contributed by atoms with Crippen LogP contribution in [-0.4, -0.2) is 52.8 Å². The molecule has 1 aliphatic carbocycles. The second-order valence-corrected chi connectivity index (χ2v) is 11.0. The fourth-order valence-corrected chi connectivity index (χ4v) is 6.42. The van der Waals surface area contributed by atoms with Crippen LogP contribution in [0, 0.1) is 35.0 Å². The minimum Gasteiger partial charge on any atom is -0.452 e. The van der Waals surface area contributed by atoms with E-state index < -0.39 is 17.4 Å². The molecule has 11 heteroatoms. The number of carbonyl (C=O) groups excluding carboxylic acids is 3. The molecule has 3 atom stereocenters. The number of carbonyl (C=O) groups is 3. The molecule has 4 fully saturated rings. The van der Waals surface area contributed by atoms with Crippen molar-refractivity contribution in [1.82, 2.24) is 15.2 Å². The predicted octanol–water partition coefficient (Wildman–Crippen LogP) is 3.88. The lowest BCUT2D eigenvalue weighted by molar-refractivity contribution is -0.136. The highest BCUT2D eigenvalue weighted by molar-refractivity contribution is 6.30. The number of amides is 2. The number of pyridine rings is 1. The number of allylic oxidation sites excluding steroid dienone is 2. The first kappa shape index (κ1) is 29.9. The molecule has 1 saturated carbocycles. The van der Waals surface area contributed by atoms with E-state index in [1.165, 1.54) is 32.2 Å². The minimum absolute atomic E-state index is 0.0472. The normalized spacial score (nSPS) is 26.3. The van der Waals surface area contributed by atoms with Crippen LogP contribution in [0.3, 0.4) is 0 Å². The highest BCUT2D eigenvalue weighted by atomic mass is 35.5. The number of aldehydes is 1. The number of nitriles is 1. The number of nitrogens with two attached hydrogens (primary N) is 1. The molecule has 41 heavy (non-hydrogen) atoms. The quantitative estimate of drug-likeness (QED) is 0.195. The summed E-state index contributed by atoms with van der Waals surface area (Å²) in [6.07, 6.45) is 4.33. The lowest BCUT2D eigenvalue weighted by Gasteiger charge is -2.45. The summed E-state index contributed by atoms with van der Waals surface area (Å²) in [5.41, 5.74) is 5.44. The Labute approximate surface area is 244 Å². The predicted molar refractivity (Wildman–Crippen MR) is 153 cm³/mol. The van der Waals surface area contributed by atoms with E-state index in [1.807, 2.05) is 23.1 Å². The van der Waals surface area contributed by atoms with Gasteiger partial charge in [0.2, 0.25) is 5.91 Å². The Morgan fingerprint density at radius 3 is 2.63 bits per heavy atom. The Morgan fingerprint density at radius 2 is 2.02 bits per heavy atom. The number of nitrogens with one attached hydrogen (secondary N) is 2. The monoisotopic (exact) mass is 576 g/mol. The molecule has 214 valence electrons. The van der Waals surface area contributed by atoms with Gasteiger partial charge in [0, 0.05) is 16.8 Å². The fraction of sp³-hybridized carbons (Fsp3) is 0.400. The summed E-state index contributed by atoms with van der Waals surface area (Å²) in [4.78, 5) is 44.7. The zero-order valence-corrected chi connectivity index (χ0v) is 23.9. The first-order chi connectivity index (χ1) is 19.7. The number of aryl methyl sites for hydroxylation is 1. The molecule has 2 amide bonds. The number of hydrogen-bond acceptors (Lipinski definition) is 8. The van der Waals surface area contributed by atoms with Crippen LogP contribution in [-0.2, 0) is 9.59 Å². The SMILES string of the molecule is CC(=N)/C=C(\C=O)Oc1ccc(C(=O)N[C@H]2C(=O)N3C(c4cccc(Cl)c4)CCC3C3(C#N)CC2C3)nc1C.CN. The largest absolute Gasteiger partial charge is 0.452 e. The van der Waals surface area contributed by atoms with Crippen LogP contribution in [0.1, 0.15) is 60.4 Å². The Bertz CT molecular complexity index is 1440. The molecule has 1 aromatic heterocycles. The summed E-state index contributed by atoms with van der Waals surface area (Å²) in [7, 11) is 1.50. The van der Waals surface area contributed by atoms with Gasteiger partial charge in [0.1, 0.15) is 17.5 Å². The molecule has 4 N–H and O–H groups in total. The lowest BCUT2D eigenvalue weighted by Crippen LogP contribution is -2.52. The van der Waals surface area contributed by atoms with Crippen molar-refractivity contribution in [1.29, 1.82) is 10.7 Å². The second kappa shape index (κ2) is 12.2. The zero-order chi connectivity index (χ0) is 29.9. The van der Waals surface area contributed by atoms with Crippen LogP contribution in [0.25, 0.3) is 0 Å². The summed E-state index contributed by atoms with van der Waals surface area (Å²) < 4.78 is 5.54. The number of fused-ring (bicyclic) bond motifs is 1. The maximum atomic E-state index is 14.0. The third-order valence-corrected chi connectivity index (χ3v) is 8.22. The van der Waals surface area contributed by atoms with Crippen molar-refractivity contribution in [2.24, 2.45) is 17.1 Å². The van der Waals surface area contributed by atoms with Crippen LogP contribution < -0.4 is 15.8 Å². The summed E-state index contributed by atoms with van der Waals surface area (Å²) in [5.74, 6) is -0.598.